The van der Waals surface area contributed by atoms with Crippen LogP contribution in [0.25, 0.3) is 0 Å². The lowest BCUT2D eigenvalue weighted by molar-refractivity contribution is 0.873. The van der Waals surface area contributed by atoms with Crippen molar-refractivity contribution in [1.29, 1.82) is 0 Å². The molecule has 1 rings (SSSR count). The van der Waals surface area contributed by atoms with Crippen LogP contribution in [-0.2, 0) is 0 Å². The molecule has 0 aliphatic rings. The van der Waals surface area contributed by atoms with Crippen molar-refractivity contribution in [2.75, 3.05) is 0 Å². The molecular formula is C9H17NS. The summed E-state index contributed by atoms with van der Waals surface area (Å²) in [5, 5.41) is 0. The van der Waals surface area contributed by atoms with Crippen LogP contribution in [0.5, 0.6) is 0 Å². The van der Waals surface area contributed by atoms with Gasteiger partial charge in [-0.3, -0.25) is 0 Å². The van der Waals surface area contributed by atoms with Gasteiger partial charge in [-0.05, 0) is 12.8 Å². The molecule has 1 heterocycles. The standard InChI is InChI=1S/C7H11NS.C2H6/c1-5(2)7-6(3)8-4-9-7;1-2/h4-5H,1-3H3;1-2H3. The number of hydrogen-bond acceptors (Lipinski definition) is 2. The molecule has 0 aromatic carbocycles. The second-order valence-corrected chi connectivity index (χ2v) is 3.34. The molecule has 1 aromatic rings. The molecule has 0 unspecified atom stereocenters. The first-order chi connectivity index (χ1) is 5.22. The lowest BCUT2D eigenvalue weighted by Gasteiger charge is -1.98. The van der Waals surface area contributed by atoms with Gasteiger partial charge >= 0.3 is 0 Å². The van der Waals surface area contributed by atoms with E-state index in [1.54, 1.807) is 11.3 Å². The quantitative estimate of drug-likeness (QED) is 0.629. The Morgan fingerprint density at radius 3 is 2.09 bits per heavy atom. The van der Waals surface area contributed by atoms with Gasteiger partial charge in [0.1, 0.15) is 0 Å². The summed E-state index contributed by atoms with van der Waals surface area (Å²) < 4.78 is 0. The van der Waals surface area contributed by atoms with Gasteiger partial charge in [-0.25, -0.2) is 4.98 Å². The number of thiazole rings is 1. The lowest BCUT2D eigenvalue weighted by Crippen LogP contribution is -1.84. The predicted octanol–water partition coefficient (Wildman–Crippen LogP) is 3.60. The van der Waals surface area contributed by atoms with Crippen molar-refractivity contribution in [2.24, 2.45) is 0 Å². The molecule has 1 aromatic heterocycles. The second-order valence-electron chi connectivity index (χ2n) is 2.46. The fourth-order valence-corrected chi connectivity index (χ4v) is 1.68. The predicted molar refractivity (Wildman–Crippen MR) is 52.3 cm³/mol. The summed E-state index contributed by atoms with van der Waals surface area (Å²) in [7, 11) is 0. The summed E-state index contributed by atoms with van der Waals surface area (Å²) in [6.45, 7) is 10.5. The van der Waals surface area contributed by atoms with E-state index < -0.39 is 0 Å². The van der Waals surface area contributed by atoms with Crippen molar-refractivity contribution >= 4 is 11.3 Å². The van der Waals surface area contributed by atoms with Crippen LogP contribution in [0.3, 0.4) is 0 Å². The second kappa shape index (κ2) is 5.30. The van der Waals surface area contributed by atoms with Crippen molar-refractivity contribution in [3.63, 3.8) is 0 Å². The Labute approximate surface area is 73.5 Å². The van der Waals surface area contributed by atoms with Gasteiger partial charge in [-0.1, -0.05) is 27.7 Å². The number of rotatable bonds is 1. The Morgan fingerprint density at radius 1 is 1.36 bits per heavy atom. The number of aryl methyl sites for hydroxylation is 1. The molecule has 0 saturated carbocycles. The van der Waals surface area contributed by atoms with Crippen molar-refractivity contribution in [3.8, 4) is 0 Å². The SMILES string of the molecule is CC.Cc1ncsc1C(C)C. The van der Waals surface area contributed by atoms with Gasteiger partial charge in [0.15, 0.2) is 0 Å². The minimum atomic E-state index is 0.637. The summed E-state index contributed by atoms with van der Waals surface area (Å²) in [5.74, 6) is 0.637. The molecule has 1 nitrogen and oxygen atoms in total. The number of nitrogens with zero attached hydrogens (tertiary/aromatic N) is 1. The fourth-order valence-electron chi connectivity index (χ4n) is 0.865. The van der Waals surface area contributed by atoms with Crippen molar-refractivity contribution < 1.29 is 0 Å². The molecule has 0 spiro atoms. The van der Waals surface area contributed by atoms with Crippen LogP contribution in [0, 0.1) is 6.92 Å². The molecule has 0 N–H and O–H groups in total. The summed E-state index contributed by atoms with van der Waals surface area (Å²) in [5.41, 5.74) is 3.10. The average Bonchev–Trinajstić information content (AvgIpc) is 2.39. The van der Waals surface area contributed by atoms with Crippen LogP contribution < -0.4 is 0 Å². The molecule has 0 aliphatic heterocycles. The van der Waals surface area contributed by atoms with E-state index in [9.17, 15) is 0 Å². The minimum Gasteiger partial charge on any atom is -0.250 e. The molecule has 2 heteroatoms. The van der Waals surface area contributed by atoms with Gasteiger partial charge in [-0.2, -0.15) is 0 Å². The van der Waals surface area contributed by atoms with E-state index in [2.05, 4.69) is 25.8 Å². The third-order valence-electron chi connectivity index (χ3n) is 1.31. The Hall–Kier alpha value is -0.370. The van der Waals surface area contributed by atoms with Crippen LogP contribution in [0.2, 0.25) is 0 Å². The molecule has 11 heavy (non-hydrogen) atoms. The van der Waals surface area contributed by atoms with Crippen LogP contribution in [0.4, 0.5) is 0 Å². The third kappa shape index (κ3) is 3.02. The molecule has 0 bridgehead atoms. The van der Waals surface area contributed by atoms with Gasteiger partial charge in [0.05, 0.1) is 11.2 Å². The fraction of sp³-hybridized carbons (Fsp3) is 0.667. The molecule has 0 amide bonds. The molecule has 0 saturated heterocycles. The Balaban J connectivity index is 0.000000461. The first-order valence-electron chi connectivity index (χ1n) is 4.12. The zero-order chi connectivity index (χ0) is 8.85. The van der Waals surface area contributed by atoms with Crippen molar-refractivity contribution in [2.45, 2.75) is 40.5 Å². The zero-order valence-electron chi connectivity index (χ0n) is 8.01. The van der Waals surface area contributed by atoms with E-state index in [0.29, 0.717) is 5.92 Å². The van der Waals surface area contributed by atoms with Gasteiger partial charge < -0.3 is 0 Å². The highest BCUT2D eigenvalue weighted by Gasteiger charge is 2.03. The van der Waals surface area contributed by atoms with Crippen LogP contribution >= 0.6 is 11.3 Å². The summed E-state index contributed by atoms with van der Waals surface area (Å²) >= 11 is 1.75. The van der Waals surface area contributed by atoms with E-state index in [4.69, 9.17) is 0 Å². The number of hydrogen-bond donors (Lipinski definition) is 0. The van der Waals surface area contributed by atoms with E-state index in [0.717, 1.165) is 0 Å². The highest BCUT2D eigenvalue weighted by molar-refractivity contribution is 7.09. The molecule has 64 valence electrons. The van der Waals surface area contributed by atoms with Gasteiger partial charge in [-0.15, -0.1) is 11.3 Å². The largest absolute Gasteiger partial charge is 0.250 e. The Morgan fingerprint density at radius 2 is 1.91 bits per heavy atom. The monoisotopic (exact) mass is 171 g/mol. The van der Waals surface area contributed by atoms with Crippen LogP contribution in [-0.4, -0.2) is 4.98 Å². The summed E-state index contributed by atoms with van der Waals surface area (Å²) in [6, 6.07) is 0. The van der Waals surface area contributed by atoms with E-state index in [1.165, 1.54) is 10.6 Å². The Kier molecular flexibility index (Phi) is 5.12. The highest BCUT2D eigenvalue weighted by atomic mass is 32.1. The topological polar surface area (TPSA) is 12.9 Å². The highest BCUT2D eigenvalue weighted by Crippen LogP contribution is 2.21. The molecule has 0 aliphatic carbocycles. The molecule has 0 radical (unpaired) electrons. The zero-order valence-corrected chi connectivity index (χ0v) is 8.83. The van der Waals surface area contributed by atoms with Gasteiger partial charge in [0.25, 0.3) is 0 Å². The normalized spacial score (nSPS) is 9.27. The minimum absolute atomic E-state index is 0.637. The smallest absolute Gasteiger partial charge is 0.0797 e. The summed E-state index contributed by atoms with van der Waals surface area (Å²) in [6.07, 6.45) is 0. The molecule has 0 fully saturated rings. The molecular weight excluding hydrogens is 154 g/mol. The van der Waals surface area contributed by atoms with Crippen molar-refractivity contribution in [1.82, 2.24) is 4.98 Å². The summed E-state index contributed by atoms with van der Waals surface area (Å²) in [4.78, 5) is 5.57. The van der Waals surface area contributed by atoms with Crippen molar-refractivity contribution in [3.05, 3.63) is 16.1 Å². The molecule has 0 atom stereocenters. The maximum atomic E-state index is 4.16. The van der Waals surface area contributed by atoms with E-state index in [1.807, 2.05) is 19.4 Å². The van der Waals surface area contributed by atoms with E-state index in [-0.39, 0.29) is 0 Å². The van der Waals surface area contributed by atoms with Gasteiger partial charge in [0, 0.05) is 4.88 Å². The first-order valence-corrected chi connectivity index (χ1v) is 4.99. The third-order valence-corrected chi connectivity index (χ3v) is 2.54. The maximum absolute atomic E-state index is 4.16. The average molecular weight is 171 g/mol. The number of aromatic nitrogens is 1. The Bertz CT molecular complexity index is 191. The van der Waals surface area contributed by atoms with Crippen LogP contribution in [0.1, 0.15) is 44.2 Å². The maximum Gasteiger partial charge on any atom is 0.0797 e. The van der Waals surface area contributed by atoms with Gasteiger partial charge in [0.2, 0.25) is 0 Å². The first kappa shape index (κ1) is 10.6. The lowest BCUT2D eigenvalue weighted by atomic mass is 10.1. The van der Waals surface area contributed by atoms with Crippen LogP contribution in [0.15, 0.2) is 5.51 Å². The van der Waals surface area contributed by atoms with E-state index >= 15 is 0 Å².